The summed E-state index contributed by atoms with van der Waals surface area (Å²) in [5.74, 6) is -0.329. The lowest BCUT2D eigenvalue weighted by Gasteiger charge is -2.20. The van der Waals surface area contributed by atoms with Crippen LogP contribution >= 0.6 is 11.6 Å². The zero-order chi connectivity index (χ0) is 21.3. The maximum atomic E-state index is 12.9. The number of carbonyl (C=O) groups is 1. The van der Waals surface area contributed by atoms with Crippen LogP contribution in [0.3, 0.4) is 0 Å². The number of amides is 1. The number of sulfonamides is 1. The van der Waals surface area contributed by atoms with Gasteiger partial charge in [0.05, 0.1) is 11.1 Å². The Bertz CT molecular complexity index is 1040. The molecule has 1 heterocycles. The van der Waals surface area contributed by atoms with Crippen LogP contribution in [-0.4, -0.2) is 31.7 Å². The first-order valence-electron chi connectivity index (χ1n) is 9.79. The molecule has 1 amide bonds. The van der Waals surface area contributed by atoms with Gasteiger partial charge in [-0.1, -0.05) is 23.7 Å². The van der Waals surface area contributed by atoms with E-state index in [4.69, 9.17) is 11.6 Å². The fourth-order valence-electron chi connectivity index (χ4n) is 3.72. The van der Waals surface area contributed by atoms with Crippen LogP contribution in [0.25, 0.3) is 0 Å². The molecule has 1 atom stereocenters. The second-order valence-corrected chi connectivity index (χ2v) is 10.1. The van der Waals surface area contributed by atoms with Crippen molar-refractivity contribution in [3.05, 3.63) is 63.2 Å². The molecule has 0 aromatic heterocycles. The van der Waals surface area contributed by atoms with Crippen LogP contribution < -0.4 is 5.32 Å². The van der Waals surface area contributed by atoms with Crippen molar-refractivity contribution in [3.8, 4) is 0 Å². The normalized spacial score (nSPS) is 16.0. The Morgan fingerprint density at radius 3 is 2.31 bits per heavy atom. The Balaban J connectivity index is 1.86. The van der Waals surface area contributed by atoms with Gasteiger partial charge in [-0.2, -0.15) is 4.31 Å². The van der Waals surface area contributed by atoms with Gasteiger partial charge >= 0.3 is 0 Å². The van der Waals surface area contributed by atoms with Crippen molar-refractivity contribution < 1.29 is 13.2 Å². The number of benzene rings is 2. The summed E-state index contributed by atoms with van der Waals surface area (Å²) in [6.45, 7) is 9.02. The van der Waals surface area contributed by atoms with Crippen LogP contribution in [0.2, 0.25) is 5.02 Å². The molecule has 156 valence electrons. The van der Waals surface area contributed by atoms with Crippen LogP contribution in [0.1, 0.15) is 58.4 Å². The third kappa shape index (κ3) is 4.49. The molecule has 0 saturated carbocycles. The maximum Gasteiger partial charge on any atom is 0.251 e. The predicted molar refractivity (Wildman–Crippen MR) is 116 cm³/mol. The molecule has 3 rings (SSSR count). The van der Waals surface area contributed by atoms with E-state index in [0.29, 0.717) is 13.1 Å². The number of rotatable bonds is 5. The van der Waals surface area contributed by atoms with Gasteiger partial charge in [-0.3, -0.25) is 4.79 Å². The number of nitrogens with one attached hydrogen (secondary N) is 1. The second-order valence-electron chi connectivity index (χ2n) is 7.74. The molecule has 7 heteroatoms. The van der Waals surface area contributed by atoms with Gasteiger partial charge in [0, 0.05) is 18.7 Å². The van der Waals surface area contributed by atoms with Crippen LogP contribution in [-0.2, 0) is 10.0 Å². The van der Waals surface area contributed by atoms with Gasteiger partial charge in [-0.25, -0.2) is 8.42 Å². The lowest BCUT2D eigenvalue weighted by Crippen LogP contribution is -2.29. The number of carbonyl (C=O) groups excluding carboxylic acids is 1. The molecule has 29 heavy (non-hydrogen) atoms. The standard InChI is InChI=1S/C22H27ClN2O3S/c1-14-11-16(3)19(12-15(14)2)17(4)24-22(26)18-7-8-20(23)21(13-18)29(27,28)25-9-5-6-10-25/h7-8,11-13,17H,5-6,9-10H2,1-4H3,(H,24,26)/t17-/m0/s1. The topological polar surface area (TPSA) is 66.5 Å². The summed E-state index contributed by atoms with van der Waals surface area (Å²) in [6, 6.07) is 8.39. The Kier molecular flexibility index (Phi) is 6.36. The monoisotopic (exact) mass is 434 g/mol. The molecule has 1 aliphatic rings. The van der Waals surface area contributed by atoms with Crippen molar-refractivity contribution in [2.75, 3.05) is 13.1 Å². The van der Waals surface area contributed by atoms with Gasteiger partial charge in [-0.15, -0.1) is 0 Å². The van der Waals surface area contributed by atoms with Gasteiger partial charge in [0.15, 0.2) is 0 Å². The largest absolute Gasteiger partial charge is 0.346 e. The summed E-state index contributed by atoms with van der Waals surface area (Å²) in [5, 5.41) is 3.11. The molecule has 0 aliphatic carbocycles. The van der Waals surface area contributed by atoms with Crippen molar-refractivity contribution in [3.63, 3.8) is 0 Å². The quantitative estimate of drug-likeness (QED) is 0.751. The summed E-state index contributed by atoms with van der Waals surface area (Å²) in [6.07, 6.45) is 1.67. The second kappa shape index (κ2) is 8.46. The number of aryl methyl sites for hydroxylation is 3. The van der Waals surface area contributed by atoms with Crippen LogP contribution in [0, 0.1) is 20.8 Å². The highest BCUT2D eigenvalue weighted by molar-refractivity contribution is 7.89. The molecule has 5 nitrogen and oxygen atoms in total. The van der Waals surface area contributed by atoms with E-state index in [1.165, 1.54) is 22.0 Å². The number of nitrogens with zero attached hydrogens (tertiary/aromatic N) is 1. The smallest absolute Gasteiger partial charge is 0.251 e. The van der Waals surface area contributed by atoms with Gasteiger partial charge in [0.25, 0.3) is 5.91 Å². The molecule has 0 spiro atoms. The molecular formula is C22H27ClN2O3S. The minimum absolute atomic E-state index is 0.0104. The summed E-state index contributed by atoms with van der Waals surface area (Å²) in [7, 11) is -3.70. The molecule has 1 N–H and O–H groups in total. The maximum absolute atomic E-state index is 12.9. The Labute approximate surface area is 178 Å². The van der Waals surface area contributed by atoms with E-state index in [1.807, 2.05) is 20.8 Å². The van der Waals surface area contributed by atoms with Crippen molar-refractivity contribution >= 4 is 27.5 Å². The van der Waals surface area contributed by atoms with E-state index in [0.717, 1.165) is 29.5 Å². The molecule has 1 saturated heterocycles. The fraction of sp³-hybridized carbons (Fsp3) is 0.409. The average Bonchev–Trinajstić information content (AvgIpc) is 3.20. The predicted octanol–water partition coefficient (Wildman–Crippen LogP) is 4.54. The zero-order valence-electron chi connectivity index (χ0n) is 17.3. The molecule has 2 aromatic carbocycles. The summed E-state index contributed by atoms with van der Waals surface area (Å²) < 4.78 is 27.2. The summed E-state index contributed by atoms with van der Waals surface area (Å²) in [4.78, 5) is 12.8. The van der Waals surface area contributed by atoms with Crippen molar-refractivity contribution in [2.45, 2.75) is 51.5 Å². The first-order chi connectivity index (χ1) is 13.6. The third-order valence-electron chi connectivity index (χ3n) is 5.57. The number of hydrogen-bond donors (Lipinski definition) is 1. The van der Waals surface area contributed by atoms with Crippen molar-refractivity contribution in [1.82, 2.24) is 9.62 Å². The van der Waals surface area contributed by atoms with E-state index in [2.05, 4.69) is 24.4 Å². The number of halogens is 1. The Morgan fingerprint density at radius 2 is 1.66 bits per heavy atom. The molecule has 2 aromatic rings. The zero-order valence-corrected chi connectivity index (χ0v) is 18.8. The minimum atomic E-state index is -3.70. The van der Waals surface area contributed by atoms with Gasteiger partial charge in [0.1, 0.15) is 4.90 Å². The van der Waals surface area contributed by atoms with Crippen LogP contribution in [0.15, 0.2) is 35.2 Å². The average molecular weight is 435 g/mol. The lowest BCUT2D eigenvalue weighted by molar-refractivity contribution is 0.0939. The molecule has 0 radical (unpaired) electrons. The Morgan fingerprint density at radius 1 is 1.03 bits per heavy atom. The van der Waals surface area contributed by atoms with E-state index in [9.17, 15) is 13.2 Å². The van der Waals surface area contributed by atoms with E-state index in [1.54, 1.807) is 6.07 Å². The molecule has 0 unspecified atom stereocenters. The first kappa shape index (κ1) is 21.8. The number of hydrogen-bond acceptors (Lipinski definition) is 3. The van der Waals surface area contributed by atoms with Crippen molar-refractivity contribution in [1.29, 1.82) is 0 Å². The fourth-order valence-corrected chi connectivity index (χ4v) is 5.73. The van der Waals surface area contributed by atoms with Crippen LogP contribution in [0.4, 0.5) is 0 Å². The minimum Gasteiger partial charge on any atom is -0.346 e. The van der Waals surface area contributed by atoms with Gasteiger partial charge < -0.3 is 5.32 Å². The SMILES string of the molecule is Cc1cc(C)c([C@H](C)NC(=O)c2ccc(Cl)c(S(=O)(=O)N3CCCC3)c2)cc1C. The molecule has 1 aliphatic heterocycles. The van der Waals surface area contributed by atoms with E-state index in [-0.39, 0.29) is 27.4 Å². The third-order valence-corrected chi connectivity index (χ3v) is 7.95. The molecular weight excluding hydrogens is 408 g/mol. The summed E-state index contributed by atoms with van der Waals surface area (Å²) in [5.41, 5.74) is 4.80. The first-order valence-corrected chi connectivity index (χ1v) is 11.6. The van der Waals surface area contributed by atoms with E-state index < -0.39 is 10.0 Å². The van der Waals surface area contributed by atoms with E-state index >= 15 is 0 Å². The highest BCUT2D eigenvalue weighted by Gasteiger charge is 2.30. The van der Waals surface area contributed by atoms with Gasteiger partial charge in [-0.05, 0) is 81.0 Å². The lowest BCUT2D eigenvalue weighted by atomic mass is 9.96. The Hall–Kier alpha value is -1.89. The van der Waals surface area contributed by atoms with Crippen LogP contribution in [0.5, 0.6) is 0 Å². The highest BCUT2D eigenvalue weighted by atomic mass is 35.5. The van der Waals surface area contributed by atoms with Crippen molar-refractivity contribution in [2.24, 2.45) is 0 Å². The molecule has 1 fully saturated rings. The summed E-state index contributed by atoms with van der Waals surface area (Å²) >= 11 is 6.18. The highest BCUT2D eigenvalue weighted by Crippen LogP contribution is 2.28. The van der Waals surface area contributed by atoms with Gasteiger partial charge in [0.2, 0.25) is 10.0 Å². The molecule has 0 bridgehead atoms.